The number of carbonyl (C=O) groups excluding carboxylic acids is 1. The minimum atomic E-state index is 0.0240. The van der Waals surface area contributed by atoms with Crippen molar-refractivity contribution in [3.05, 3.63) is 41.5 Å². The lowest BCUT2D eigenvalue weighted by atomic mass is 9.96. The molecule has 2 aromatic carbocycles. The summed E-state index contributed by atoms with van der Waals surface area (Å²) >= 11 is 0. The van der Waals surface area contributed by atoms with Crippen LogP contribution in [-0.2, 0) is 4.79 Å². The van der Waals surface area contributed by atoms with Gasteiger partial charge in [-0.3, -0.25) is 4.79 Å². The lowest BCUT2D eigenvalue weighted by Gasteiger charge is -2.30. The molecule has 0 aliphatic carbocycles. The standard InChI is InChI=1S/C26H34N2O5/c1-6-28-13-11-20(12-14-28)26(29)27-21-15-18(9-10-22(21)30-2)7-8-19-16-23(31-3)25(33-5)24(17-19)32-4/h7-10,15-17,20H,6,11-14H2,1-5H3,(H,27,29)/b8-7+. The topological polar surface area (TPSA) is 69.3 Å². The van der Waals surface area contributed by atoms with Crippen LogP contribution in [0.5, 0.6) is 23.0 Å². The summed E-state index contributed by atoms with van der Waals surface area (Å²) in [5, 5.41) is 3.08. The van der Waals surface area contributed by atoms with Gasteiger partial charge in [-0.15, -0.1) is 0 Å². The monoisotopic (exact) mass is 454 g/mol. The maximum Gasteiger partial charge on any atom is 0.227 e. The Labute approximate surface area is 196 Å². The third-order valence-electron chi connectivity index (χ3n) is 6.04. The number of rotatable bonds is 9. The van der Waals surface area contributed by atoms with Crippen LogP contribution in [0, 0.1) is 5.92 Å². The fourth-order valence-corrected chi connectivity index (χ4v) is 4.06. The van der Waals surface area contributed by atoms with E-state index >= 15 is 0 Å². The molecule has 0 unspecified atom stereocenters. The van der Waals surface area contributed by atoms with E-state index in [1.165, 1.54) is 0 Å². The molecule has 0 bridgehead atoms. The molecule has 1 saturated heterocycles. The Kier molecular flexibility index (Phi) is 8.60. The van der Waals surface area contributed by atoms with Crippen molar-refractivity contribution in [3.8, 4) is 23.0 Å². The molecule has 0 atom stereocenters. The van der Waals surface area contributed by atoms with Crippen LogP contribution in [0.15, 0.2) is 30.3 Å². The van der Waals surface area contributed by atoms with Crippen molar-refractivity contribution < 1.29 is 23.7 Å². The highest BCUT2D eigenvalue weighted by molar-refractivity contribution is 5.94. The average molecular weight is 455 g/mol. The van der Waals surface area contributed by atoms with Gasteiger partial charge in [0, 0.05) is 5.92 Å². The summed E-state index contributed by atoms with van der Waals surface area (Å²) < 4.78 is 21.7. The van der Waals surface area contributed by atoms with Gasteiger partial charge in [0.15, 0.2) is 11.5 Å². The number of nitrogens with zero attached hydrogens (tertiary/aromatic N) is 1. The van der Waals surface area contributed by atoms with Gasteiger partial charge in [-0.2, -0.15) is 0 Å². The van der Waals surface area contributed by atoms with E-state index in [0.29, 0.717) is 28.7 Å². The predicted molar refractivity (Wildman–Crippen MR) is 131 cm³/mol. The Morgan fingerprint density at radius 3 is 2.06 bits per heavy atom. The van der Waals surface area contributed by atoms with Crippen molar-refractivity contribution in [3.63, 3.8) is 0 Å². The van der Waals surface area contributed by atoms with Crippen molar-refractivity contribution in [2.75, 3.05) is 53.4 Å². The van der Waals surface area contributed by atoms with Gasteiger partial charge in [0.2, 0.25) is 11.7 Å². The second kappa shape index (κ2) is 11.6. The second-order valence-electron chi connectivity index (χ2n) is 7.95. The zero-order valence-electron chi connectivity index (χ0n) is 20.1. The minimum absolute atomic E-state index is 0.0240. The zero-order chi connectivity index (χ0) is 23.8. The number of nitrogens with one attached hydrogen (secondary N) is 1. The van der Waals surface area contributed by atoms with E-state index in [1.54, 1.807) is 28.4 Å². The Morgan fingerprint density at radius 2 is 1.52 bits per heavy atom. The van der Waals surface area contributed by atoms with Crippen LogP contribution in [0.1, 0.15) is 30.9 Å². The average Bonchev–Trinajstić information content (AvgIpc) is 2.86. The third-order valence-corrected chi connectivity index (χ3v) is 6.04. The largest absolute Gasteiger partial charge is 0.495 e. The van der Waals surface area contributed by atoms with Gasteiger partial charge >= 0.3 is 0 Å². The smallest absolute Gasteiger partial charge is 0.227 e. The second-order valence-corrected chi connectivity index (χ2v) is 7.95. The highest BCUT2D eigenvalue weighted by Crippen LogP contribution is 2.38. The molecule has 1 amide bonds. The zero-order valence-corrected chi connectivity index (χ0v) is 20.1. The van der Waals surface area contributed by atoms with Crippen LogP contribution in [0.3, 0.4) is 0 Å². The lowest BCUT2D eigenvalue weighted by molar-refractivity contribution is -0.121. The van der Waals surface area contributed by atoms with Gasteiger partial charge < -0.3 is 29.2 Å². The molecule has 1 fully saturated rings. The van der Waals surface area contributed by atoms with Crippen LogP contribution in [0.25, 0.3) is 12.2 Å². The molecule has 1 N–H and O–H groups in total. The first kappa shape index (κ1) is 24.5. The van der Waals surface area contributed by atoms with Crippen LogP contribution in [-0.4, -0.2) is 58.9 Å². The predicted octanol–water partition coefficient (Wildman–Crippen LogP) is 4.56. The van der Waals surface area contributed by atoms with Gasteiger partial charge in [0.25, 0.3) is 0 Å². The van der Waals surface area contributed by atoms with E-state index in [2.05, 4.69) is 17.1 Å². The van der Waals surface area contributed by atoms with E-state index in [1.807, 2.05) is 42.5 Å². The van der Waals surface area contributed by atoms with Crippen molar-refractivity contribution in [1.29, 1.82) is 0 Å². The summed E-state index contributed by atoms with van der Waals surface area (Å²) in [4.78, 5) is 15.3. The number of methoxy groups -OCH3 is 4. The first-order valence-electron chi connectivity index (χ1n) is 11.2. The molecule has 2 aromatic rings. The van der Waals surface area contributed by atoms with E-state index in [9.17, 15) is 4.79 Å². The number of amides is 1. The van der Waals surface area contributed by atoms with Crippen LogP contribution < -0.4 is 24.3 Å². The molecule has 0 spiro atoms. The van der Waals surface area contributed by atoms with Crippen molar-refractivity contribution >= 4 is 23.7 Å². The number of carbonyl (C=O) groups is 1. The summed E-state index contributed by atoms with van der Waals surface area (Å²) in [6, 6.07) is 9.50. The summed E-state index contributed by atoms with van der Waals surface area (Å²) in [7, 11) is 6.37. The number of likely N-dealkylation sites (tertiary alicyclic amines) is 1. The maximum absolute atomic E-state index is 12.9. The molecule has 0 radical (unpaired) electrons. The molecule has 7 nitrogen and oxygen atoms in total. The molecule has 3 rings (SSSR count). The maximum atomic E-state index is 12.9. The Bertz CT molecular complexity index is 956. The highest BCUT2D eigenvalue weighted by atomic mass is 16.5. The quantitative estimate of drug-likeness (QED) is 0.560. The fourth-order valence-electron chi connectivity index (χ4n) is 4.06. The van der Waals surface area contributed by atoms with Crippen LogP contribution >= 0.6 is 0 Å². The first-order chi connectivity index (χ1) is 16.0. The Hall–Kier alpha value is -3.19. The number of piperidine rings is 1. The first-order valence-corrected chi connectivity index (χ1v) is 11.2. The summed E-state index contributed by atoms with van der Waals surface area (Å²) in [5.41, 5.74) is 2.50. The van der Waals surface area contributed by atoms with Gasteiger partial charge in [-0.1, -0.05) is 25.1 Å². The summed E-state index contributed by atoms with van der Waals surface area (Å²) in [5.74, 6) is 2.45. The molecule has 1 heterocycles. The molecular weight excluding hydrogens is 420 g/mol. The number of ether oxygens (including phenoxy) is 4. The van der Waals surface area contributed by atoms with Gasteiger partial charge in [0.1, 0.15) is 5.75 Å². The van der Waals surface area contributed by atoms with Crippen LogP contribution in [0.4, 0.5) is 5.69 Å². The van der Waals surface area contributed by atoms with Crippen molar-refractivity contribution in [2.24, 2.45) is 5.92 Å². The van der Waals surface area contributed by atoms with E-state index in [-0.39, 0.29) is 11.8 Å². The van der Waals surface area contributed by atoms with E-state index < -0.39 is 0 Å². The molecule has 178 valence electrons. The van der Waals surface area contributed by atoms with Crippen molar-refractivity contribution in [2.45, 2.75) is 19.8 Å². The number of benzene rings is 2. The fraction of sp³-hybridized carbons (Fsp3) is 0.423. The van der Waals surface area contributed by atoms with Crippen LogP contribution in [0.2, 0.25) is 0 Å². The molecule has 7 heteroatoms. The highest BCUT2D eigenvalue weighted by Gasteiger charge is 2.25. The van der Waals surface area contributed by atoms with Crippen molar-refractivity contribution in [1.82, 2.24) is 4.90 Å². The molecule has 1 aliphatic heterocycles. The molecule has 33 heavy (non-hydrogen) atoms. The molecule has 1 aliphatic rings. The Morgan fingerprint density at radius 1 is 0.909 bits per heavy atom. The Balaban J connectivity index is 1.78. The number of anilines is 1. The summed E-state index contributed by atoms with van der Waals surface area (Å²) in [6.07, 6.45) is 5.68. The molecule has 0 saturated carbocycles. The van der Waals surface area contributed by atoms with E-state index in [4.69, 9.17) is 18.9 Å². The molecule has 0 aromatic heterocycles. The van der Waals surface area contributed by atoms with Gasteiger partial charge in [0.05, 0.1) is 34.1 Å². The number of hydrogen-bond acceptors (Lipinski definition) is 6. The van der Waals surface area contributed by atoms with Gasteiger partial charge in [-0.25, -0.2) is 0 Å². The lowest BCUT2D eigenvalue weighted by Crippen LogP contribution is -2.38. The minimum Gasteiger partial charge on any atom is -0.495 e. The third kappa shape index (κ3) is 5.99. The summed E-state index contributed by atoms with van der Waals surface area (Å²) in [6.45, 7) is 5.11. The van der Waals surface area contributed by atoms with E-state index in [0.717, 1.165) is 43.6 Å². The normalized spacial score (nSPS) is 14.8. The molecular formula is C26H34N2O5. The SMILES string of the molecule is CCN1CCC(C(=O)Nc2cc(/C=C/c3cc(OC)c(OC)c(OC)c3)ccc2OC)CC1. The number of hydrogen-bond donors (Lipinski definition) is 1. The van der Waals surface area contributed by atoms with Gasteiger partial charge in [-0.05, 0) is 67.9 Å².